The van der Waals surface area contributed by atoms with E-state index < -0.39 is 0 Å². The molecule has 0 atom stereocenters. The van der Waals surface area contributed by atoms with E-state index >= 15 is 0 Å². The Morgan fingerprint density at radius 2 is 2.21 bits per heavy atom. The van der Waals surface area contributed by atoms with Crippen molar-refractivity contribution < 1.29 is 0 Å². The van der Waals surface area contributed by atoms with Gasteiger partial charge in [0.25, 0.3) is 0 Å². The standard InChI is InChI=1S/C11H19N3/c1-2-12-10-8-13-14(9-10)11-6-4-3-5-7-11/h8-9,11-12H,2-7H2,1H3. The van der Waals surface area contributed by atoms with E-state index in [1.54, 1.807) is 0 Å². The monoisotopic (exact) mass is 193 g/mol. The van der Waals surface area contributed by atoms with Crippen LogP contribution in [0.4, 0.5) is 5.69 Å². The fourth-order valence-corrected chi connectivity index (χ4v) is 2.18. The third kappa shape index (κ3) is 2.08. The quantitative estimate of drug-likeness (QED) is 0.800. The van der Waals surface area contributed by atoms with Gasteiger partial charge in [-0.25, -0.2) is 0 Å². The molecule has 1 aliphatic rings. The van der Waals surface area contributed by atoms with Crippen molar-refractivity contribution in [2.75, 3.05) is 11.9 Å². The SMILES string of the molecule is CCNc1cnn(C2CCCCC2)c1. The number of hydrogen-bond donors (Lipinski definition) is 1. The molecule has 0 radical (unpaired) electrons. The molecule has 1 aromatic rings. The van der Waals surface area contributed by atoms with E-state index in [0.717, 1.165) is 12.2 Å². The molecule has 2 rings (SSSR count). The van der Waals surface area contributed by atoms with Crippen LogP contribution in [0.15, 0.2) is 12.4 Å². The first-order valence-corrected chi connectivity index (χ1v) is 5.68. The molecular weight excluding hydrogens is 174 g/mol. The molecule has 0 amide bonds. The van der Waals surface area contributed by atoms with Crippen molar-refractivity contribution in [2.24, 2.45) is 0 Å². The minimum Gasteiger partial charge on any atom is -0.383 e. The van der Waals surface area contributed by atoms with Crippen molar-refractivity contribution in [2.45, 2.75) is 45.1 Å². The van der Waals surface area contributed by atoms with Crippen LogP contribution < -0.4 is 5.32 Å². The summed E-state index contributed by atoms with van der Waals surface area (Å²) in [7, 11) is 0. The Morgan fingerprint density at radius 1 is 1.43 bits per heavy atom. The van der Waals surface area contributed by atoms with Crippen LogP contribution in [0.5, 0.6) is 0 Å². The summed E-state index contributed by atoms with van der Waals surface area (Å²) in [5, 5.41) is 7.70. The predicted molar refractivity (Wildman–Crippen MR) is 58.5 cm³/mol. The van der Waals surface area contributed by atoms with Gasteiger partial charge in [-0.15, -0.1) is 0 Å². The molecule has 78 valence electrons. The van der Waals surface area contributed by atoms with Crippen LogP contribution in [0.1, 0.15) is 45.1 Å². The smallest absolute Gasteiger partial charge is 0.0726 e. The van der Waals surface area contributed by atoms with Crippen LogP contribution in [0, 0.1) is 0 Å². The number of anilines is 1. The molecule has 0 aliphatic heterocycles. The highest BCUT2D eigenvalue weighted by Crippen LogP contribution is 2.27. The summed E-state index contributed by atoms with van der Waals surface area (Å²) in [4.78, 5) is 0. The molecule has 1 N–H and O–H groups in total. The van der Waals surface area contributed by atoms with Gasteiger partial charge in [-0.3, -0.25) is 4.68 Å². The Bertz CT molecular complexity index is 274. The van der Waals surface area contributed by atoms with Crippen LogP contribution >= 0.6 is 0 Å². The van der Waals surface area contributed by atoms with E-state index in [4.69, 9.17) is 0 Å². The maximum absolute atomic E-state index is 4.41. The van der Waals surface area contributed by atoms with Gasteiger partial charge in [-0.05, 0) is 19.8 Å². The average molecular weight is 193 g/mol. The summed E-state index contributed by atoms with van der Waals surface area (Å²) in [6, 6.07) is 0.649. The van der Waals surface area contributed by atoms with Crippen LogP contribution in [-0.2, 0) is 0 Å². The van der Waals surface area contributed by atoms with Crippen molar-refractivity contribution in [3.8, 4) is 0 Å². The van der Waals surface area contributed by atoms with E-state index in [1.165, 1.54) is 32.1 Å². The molecule has 3 heteroatoms. The van der Waals surface area contributed by atoms with Gasteiger partial charge in [-0.2, -0.15) is 5.10 Å². The molecule has 1 aliphatic carbocycles. The van der Waals surface area contributed by atoms with Gasteiger partial charge >= 0.3 is 0 Å². The second-order valence-electron chi connectivity index (χ2n) is 4.03. The third-order valence-corrected chi connectivity index (χ3v) is 2.93. The van der Waals surface area contributed by atoms with Gasteiger partial charge < -0.3 is 5.32 Å². The lowest BCUT2D eigenvalue weighted by Gasteiger charge is -2.21. The number of aromatic nitrogens is 2. The summed E-state index contributed by atoms with van der Waals surface area (Å²) in [5.74, 6) is 0. The Hall–Kier alpha value is -0.990. The maximum atomic E-state index is 4.41. The van der Waals surface area contributed by atoms with E-state index in [0.29, 0.717) is 6.04 Å². The number of nitrogens with zero attached hydrogens (tertiary/aromatic N) is 2. The Morgan fingerprint density at radius 3 is 2.93 bits per heavy atom. The first kappa shape index (κ1) is 9.56. The van der Waals surface area contributed by atoms with Gasteiger partial charge in [0.2, 0.25) is 0 Å². The van der Waals surface area contributed by atoms with Gasteiger partial charge in [-0.1, -0.05) is 19.3 Å². The predicted octanol–water partition coefficient (Wildman–Crippen LogP) is 2.82. The van der Waals surface area contributed by atoms with E-state index in [1.807, 2.05) is 6.20 Å². The molecule has 0 unspecified atom stereocenters. The average Bonchev–Trinajstić information content (AvgIpc) is 2.68. The second-order valence-corrected chi connectivity index (χ2v) is 4.03. The zero-order valence-corrected chi connectivity index (χ0v) is 8.87. The van der Waals surface area contributed by atoms with E-state index in [2.05, 4.69) is 28.2 Å². The Kier molecular flexibility index (Phi) is 3.07. The molecule has 1 fully saturated rings. The maximum Gasteiger partial charge on any atom is 0.0726 e. The van der Waals surface area contributed by atoms with E-state index in [-0.39, 0.29) is 0 Å². The third-order valence-electron chi connectivity index (χ3n) is 2.93. The molecule has 14 heavy (non-hydrogen) atoms. The molecular formula is C11H19N3. The molecule has 0 bridgehead atoms. The lowest BCUT2D eigenvalue weighted by Crippen LogP contribution is -2.12. The Balaban J connectivity index is 2.00. The molecule has 0 saturated heterocycles. The van der Waals surface area contributed by atoms with Gasteiger partial charge in [0.05, 0.1) is 17.9 Å². The molecule has 0 spiro atoms. The van der Waals surface area contributed by atoms with Crippen molar-refractivity contribution in [1.82, 2.24) is 9.78 Å². The number of rotatable bonds is 3. The van der Waals surface area contributed by atoms with Crippen LogP contribution in [0.25, 0.3) is 0 Å². The van der Waals surface area contributed by atoms with Gasteiger partial charge in [0, 0.05) is 12.7 Å². The lowest BCUT2D eigenvalue weighted by atomic mass is 9.96. The normalized spacial score (nSPS) is 18.4. The van der Waals surface area contributed by atoms with Gasteiger partial charge in [0.1, 0.15) is 0 Å². The van der Waals surface area contributed by atoms with Gasteiger partial charge in [0.15, 0.2) is 0 Å². The molecule has 0 aromatic carbocycles. The van der Waals surface area contributed by atoms with Crippen LogP contribution in [-0.4, -0.2) is 16.3 Å². The van der Waals surface area contributed by atoms with Crippen molar-refractivity contribution in [1.29, 1.82) is 0 Å². The second kappa shape index (κ2) is 4.49. The number of nitrogens with one attached hydrogen (secondary N) is 1. The van der Waals surface area contributed by atoms with Crippen molar-refractivity contribution >= 4 is 5.69 Å². The van der Waals surface area contributed by atoms with Crippen LogP contribution in [0.2, 0.25) is 0 Å². The first-order valence-electron chi connectivity index (χ1n) is 5.68. The summed E-state index contributed by atoms with van der Waals surface area (Å²) in [5.41, 5.74) is 1.15. The molecule has 1 saturated carbocycles. The number of hydrogen-bond acceptors (Lipinski definition) is 2. The fourth-order valence-electron chi connectivity index (χ4n) is 2.18. The summed E-state index contributed by atoms with van der Waals surface area (Å²) in [6.45, 7) is 3.08. The van der Waals surface area contributed by atoms with E-state index in [9.17, 15) is 0 Å². The highest BCUT2D eigenvalue weighted by Gasteiger charge is 2.15. The minimum absolute atomic E-state index is 0.649. The zero-order chi connectivity index (χ0) is 9.80. The summed E-state index contributed by atoms with van der Waals surface area (Å²) < 4.78 is 2.14. The zero-order valence-electron chi connectivity index (χ0n) is 8.87. The lowest BCUT2D eigenvalue weighted by molar-refractivity contribution is 0.329. The van der Waals surface area contributed by atoms with Crippen molar-refractivity contribution in [3.63, 3.8) is 0 Å². The highest BCUT2D eigenvalue weighted by atomic mass is 15.3. The fraction of sp³-hybridized carbons (Fsp3) is 0.727. The molecule has 3 nitrogen and oxygen atoms in total. The minimum atomic E-state index is 0.649. The largest absolute Gasteiger partial charge is 0.383 e. The highest BCUT2D eigenvalue weighted by molar-refractivity contribution is 5.37. The molecule has 1 aromatic heterocycles. The Labute approximate surface area is 85.5 Å². The summed E-state index contributed by atoms with van der Waals surface area (Å²) >= 11 is 0. The topological polar surface area (TPSA) is 29.9 Å². The first-order chi connectivity index (χ1) is 6.90. The van der Waals surface area contributed by atoms with Crippen LogP contribution in [0.3, 0.4) is 0 Å². The molecule has 1 heterocycles. The summed E-state index contributed by atoms with van der Waals surface area (Å²) in [6.07, 6.45) is 10.8. The van der Waals surface area contributed by atoms with Crippen molar-refractivity contribution in [3.05, 3.63) is 12.4 Å².